The molecule has 1 aromatic rings. The summed E-state index contributed by atoms with van der Waals surface area (Å²) in [7, 11) is 0. The van der Waals surface area contributed by atoms with E-state index in [9.17, 15) is 20.2 Å². The zero-order valence-electron chi connectivity index (χ0n) is 6.31. The van der Waals surface area contributed by atoms with Crippen molar-refractivity contribution in [3.63, 3.8) is 0 Å². The maximum atomic E-state index is 10.5. The molecule has 8 heteroatoms. The number of hydrogen-bond donors (Lipinski definition) is 0. The van der Waals surface area contributed by atoms with Gasteiger partial charge < -0.3 is 0 Å². The molecule has 13 heavy (non-hydrogen) atoms. The number of thiophene rings is 1. The van der Waals surface area contributed by atoms with E-state index in [0.717, 1.165) is 11.3 Å². The monoisotopic (exact) mass is 314 g/mol. The second kappa shape index (κ2) is 3.54. The number of rotatable bonds is 2. The second-order valence-corrected chi connectivity index (χ2v) is 4.98. The van der Waals surface area contributed by atoms with Gasteiger partial charge in [0.15, 0.2) is 0 Å². The fraction of sp³-hybridized carbons (Fsp3) is 0.200. The van der Waals surface area contributed by atoms with Crippen molar-refractivity contribution in [3.8, 4) is 0 Å². The van der Waals surface area contributed by atoms with E-state index in [0.29, 0.717) is 2.88 Å². The van der Waals surface area contributed by atoms with Crippen molar-refractivity contribution < 1.29 is 9.85 Å². The van der Waals surface area contributed by atoms with Crippen LogP contribution in [0.5, 0.6) is 0 Å². The third-order valence-corrected chi connectivity index (χ3v) is 3.59. The highest BCUT2D eigenvalue weighted by Gasteiger charge is 2.29. The molecule has 0 aliphatic rings. The zero-order chi connectivity index (χ0) is 10.2. The largest absolute Gasteiger partial charge is 0.335 e. The lowest BCUT2D eigenvalue weighted by Gasteiger charge is -1.87. The van der Waals surface area contributed by atoms with Crippen molar-refractivity contribution in [2.75, 3.05) is 0 Å². The molecule has 0 aliphatic carbocycles. The summed E-state index contributed by atoms with van der Waals surface area (Å²) >= 11 is 2.55. The van der Waals surface area contributed by atoms with Crippen LogP contribution >= 0.6 is 33.9 Å². The first-order valence-electron chi connectivity index (χ1n) is 3.02. The van der Waals surface area contributed by atoms with Crippen LogP contribution in [0.4, 0.5) is 10.7 Å². The van der Waals surface area contributed by atoms with E-state index in [4.69, 9.17) is 0 Å². The molecular weight excluding hydrogens is 311 g/mol. The van der Waals surface area contributed by atoms with Crippen LogP contribution in [-0.4, -0.2) is 9.85 Å². The van der Waals surface area contributed by atoms with E-state index >= 15 is 0 Å². The van der Waals surface area contributed by atoms with E-state index in [-0.39, 0.29) is 16.3 Å². The predicted molar refractivity (Wildman–Crippen MR) is 55.1 cm³/mol. The molecule has 0 spiro atoms. The molecule has 0 radical (unpaired) electrons. The molecule has 1 aromatic heterocycles. The summed E-state index contributed by atoms with van der Waals surface area (Å²) in [5, 5.41) is 20.7. The standard InChI is InChI=1S/C5H3IN2O4S/c1-2-3(7(9)10)4(6)13-5(2)8(11)12/h1H3. The first-order chi connectivity index (χ1) is 5.95. The van der Waals surface area contributed by atoms with Gasteiger partial charge in [-0.1, -0.05) is 0 Å². The van der Waals surface area contributed by atoms with Gasteiger partial charge in [0.1, 0.15) is 8.45 Å². The van der Waals surface area contributed by atoms with Crippen molar-refractivity contribution in [2.45, 2.75) is 6.92 Å². The minimum atomic E-state index is -0.602. The molecule has 70 valence electrons. The molecule has 0 fully saturated rings. The zero-order valence-corrected chi connectivity index (χ0v) is 9.29. The number of nitro groups is 2. The Balaban J connectivity index is 3.39. The Hall–Kier alpha value is -0.770. The number of nitrogens with zero attached hydrogens (tertiary/aromatic N) is 2. The van der Waals surface area contributed by atoms with Gasteiger partial charge in [0.25, 0.3) is 0 Å². The lowest BCUT2D eigenvalue weighted by atomic mass is 10.3. The Kier molecular flexibility index (Phi) is 2.81. The first kappa shape index (κ1) is 10.3. The molecule has 1 heterocycles. The number of halogens is 1. The molecule has 0 saturated heterocycles. The summed E-state index contributed by atoms with van der Waals surface area (Å²) in [6.07, 6.45) is 0. The molecule has 0 amide bonds. The van der Waals surface area contributed by atoms with E-state index in [1.165, 1.54) is 6.92 Å². The summed E-state index contributed by atoms with van der Waals surface area (Å²) in [4.78, 5) is 19.7. The van der Waals surface area contributed by atoms with Crippen molar-refractivity contribution >= 4 is 44.6 Å². The van der Waals surface area contributed by atoms with Crippen molar-refractivity contribution in [2.24, 2.45) is 0 Å². The number of hydrogen-bond acceptors (Lipinski definition) is 5. The van der Waals surface area contributed by atoms with Crippen LogP contribution in [-0.2, 0) is 0 Å². The van der Waals surface area contributed by atoms with E-state index in [2.05, 4.69) is 0 Å². The van der Waals surface area contributed by atoms with Crippen LogP contribution in [0.2, 0.25) is 0 Å². The van der Waals surface area contributed by atoms with Gasteiger partial charge in [-0.05, 0) is 40.9 Å². The summed E-state index contributed by atoms with van der Waals surface area (Å²) < 4.78 is 0.340. The highest BCUT2D eigenvalue weighted by molar-refractivity contribution is 14.1. The van der Waals surface area contributed by atoms with Gasteiger partial charge in [-0.25, -0.2) is 0 Å². The van der Waals surface area contributed by atoms with Gasteiger partial charge in [-0.3, -0.25) is 20.2 Å². The van der Waals surface area contributed by atoms with Crippen molar-refractivity contribution in [1.29, 1.82) is 0 Å². The highest BCUT2D eigenvalue weighted by atomic mass is 127. The first-order valence-corrected chi connectivity index (χ1v) is 4.92. The second-order valence-electron chi connectivity index (χ2n) is 2.17. The summed E-state index contributed by atoms with van der Waals surface area (Å²) in [5.41, 5.74) is -0.0262. The quantitative estimate of drug-likeness (QED) is 0.477. The van der Waals surface area contributed by atoms with E-state index in [1.807, 2.05) is 0 Å². The van der Waals surface area contributed by atoms with E-state index < -0.39 is 9.85 Å². The molecule has 0 unspecified atom stereocenters. The molecule has 0 atom stereocenters. The Morgan fingerprint density at radius 2 is 1.85 bits per heavy atom. The van der Waals surface area contributed by atoms with Crippen LogP contribution in [0.3, 0.4) is 0 Å². The summed E-state index contributed by atoms with van der Waals surface area (Å²) in [5.74, 6) is 0. The van der Waals surface area contributed by atoms with Crippen LogP contribution < -0.4 is 0 Å². The van der Waals surface area contributed by atoms with Crippen LogP contribution in [0.25, 0.3) is 0 Å². The Labute approximate surface area is 90.0 Å². The molecule has 0 aromatic carbocycles. The topological polar surface area (TPSA) is 86.3 Å². The van der Waals surface area contributed by atoms with Gasteiger partial charge >= 0.3 is 10.7 Å². The van der Waals surface area contributed by atoms with Gasteiger partial charge in [-0.15, -0.1) is 0 Å². The Bertz CT molecular complexity index is 388. The van der Waals surface area contributed by atoms with Gasteiger partial charge in [0.05, 0.1) is 9.85 Å². The normalized spacial score (nSPS) is 10.0. The smallest absolute Gasteiger partial charge is 0.258 e. The summed E-state index contributed by atoms with van der Waals surface area (Å²) in [6.45, 7) is 1.38. The average molecular weight is 314 g/mol. The maximum absolute atomic E-state index is 10.5. The van der Waals surface area contributed by atoms with Crippen LogP contribution in [0.15, 0.2) is 0 Å². The lowest BCUT2D eigenvalue weighted by molar-refractivity contribution is -0.391. The molecular formula is C5H3IN2O4S. The van der Waals surface area contributed by atoms with E-state index in [1.54, 1.807) is 22.6 Å². The molecule has 0 bridgehead atoms. The lowest BCUT2D eigenvalue weighted by Crippen LogP contribution is -1.91. The molecule has 6 nitrogen and oxygen atoms in total. The van der Waals surface area contributed by atoms with Gasteiger partial charge in [-0.2, -0.15) is 0 Å². The fourth-order valence-electron chi connectivity index (χ4n) is 0.841. The third kappa shape index (κ3) is 1.77. The van der Waals surface area contributed by atoms with Gasteiger partial charge in [0.2, 0.25) is 0 Å². The highest BCUT2D eigenvalue weighted by Crippen LogP contribution is 2.40. The molecule has 1 rings (SSSR count). The average Bonchev–Trinajstić information content (AvgIpc) is 2.26. The Morgan fingerprint density at radius 1 is 1.31 bits per heavy atom. The van der Waals surface area contributed by atoms with Crippen LogP contribution in [0.1, 0.15) is 5.56 Å². The van der Waals surface area contributed by atoms with Crippen LogP contribution in [0, 0.1) is 30.0 Å². The minimum absolute atomic E-state index is 0.129. The maximum Gasteiger partial charge on any atom is 0.335 e. The van der Waals surface area contributed by atoms with Crippen molar-refractivity contribution in [3.05, 3.63) is 28.7 Å². The minimum Gasteiger partial charge on any atom is -0.258 e. The third-order valence-electron chi connectivity index (χ3n) is 1.40. The predicted octanol–water partition coefficient (Wildman–Crippen LogP) is 2.48. The Morgan fingerprint density at radius 3 is 2.08 bits per heavy atom. The SMILES string of the molecule is Cc1c([N+](=O)[O-])sc(I)c1[N+](=O)[O-]. The molecule has 0 N–H and O–H groups in total. The molecule has 0 saturated carbocycles. The van der Waals surface area contributed by atoms with Gasteiger partial charge in [0, 0.05) is 0 Å². The summed E-state index contributed by atoms with van der Waals surface area (Å²) in [6, 6.07) is 0. The van der Waals surface area contributed by atoms with Crippen molar-refractivity contribution in [1.82, 2.24) is 0 Å². The fourth-order valence-corrected chi connectivity index (χ4v) is 2.89. The molecule has 0 aliphatic heterocycles.